The smallest absolute Gasteiger partial charge is 0.267 e. The molecule has 3 N–H and O–H groups in total. The van der Waals surface area contributed by atoms with Gasteiger partial charge in [0.05, 0.1) is 5.56 Å². The monoisotopic (exact) mass is 603 g/mol. The summed E-state index contributed by atoms with van der Waals surface area (Å²) in [5, 5.41) is 5.53. The second-order valence-electron chi connectivity index (χ2n) is 13.9. The molecule has 0 aromatic carbocycles. The zero-order valence-electron chi connectivity index (χ0n) is 25.0. The Morgan fingerprint density at radius 3 is 2.70 bits per heavy atom. The number of hydrogen-bond donors (Lipinski definition) is 3. The second-order valence-corrected chi connectivity index (χ2v) is 15.1. The second kappa shape index (κ2) is 10.0. The van der Waals surface area contributed by atoms with Crippen LogP contribution in [0.5, 0.6) is 0 Å². The van der Waals surface area contributed by atoms with E-state index in [1.54, 1.807) is 18.2 Å². The van der Waals surface area contributed by atoms with E-state index >= 15 is 0 Å². The Labute approximate surface area is 255 Å². The van der Waals surface area contributed by atoms with Gasteiger partial charge in [0.15, 0.2) is 16.0 Å². The summed E-state index contributed by atoms with van der Waals surface area (Å²) in [6.07, 6.45) is 13.7. The molecule has 2 unspecified atom stereocenters. The Morgan fingerprint density at radius 2 is 1.91 bits per heavy atom. The standard InChI is InChI=1S/C32H41N7O3S/c1-30(2)19-21-5-4-16-33-24-6-3-7-27(34-24)43(41)37-29(40)22-8-9-25(35-28(22)38(30)20-21)39-17-10-26(36-39)42-18-11-23-31(12-13-31)32(23)14-15-32/h3,6-10,17,21,23,26,36H,4-5,11-16,18-20H2,1-2H3,(H,33,34)(H,37,40)/t21-,26?,43?/m0/s1. The topological polar surface area (TPSA) is 112 Å². The highest BCUT2D eigenvalue weighted by molar-refractivity contribution is 7.83. The first-order chi connectivity index (χ1) is 20.8. The number of nitrogens with one attached hydrogen (secondary N) is 3. The SMILES string of the molecule is CC1(C)C[C@@H]2CCCNc3cccc(n3)S(=O)NC(=O)c3ccc(N4C=CC(OCCC5C6(CC6)C56CC6)N4)nc3N1C2. The number of pyridine rings is 2. The zero-order chi connectivity index (χ0) is 29.4. The number of hydrogen-bond acceptors (Lipinski definition) is 9. The van der Waals surface area contributed by atoms with Crippen LogP contribution in [0.4, 0.5) is 17.5 Å². The van der Waals surface area contributed by atoms with E-state index in [4.69, 9.17) is 9.72 Å². The van der Waals surface area contributed by atoms with E-state index in [9.17, 15) is 9.00 Å². The zero-order valence-corrected chi connectivity index (χ0v) is 25.8. The Bertz CT molecular complexity index is 1490. The molecular weight excluding hydrogens is 562 g/mol. The van der Waals surface area contributed by atoms with Gasteiger partial charge in [-0.2, -0.15) is 5.43 Å². The van der Waals surface area contributed by atoms with E-state index in [0.29, 0.717) is 44.8 Å². The summed E-state index contributed by atoms with van der Waals surface area (Å²) in [5.41, 5.74) is 5.03. The maximum atomic E-state index is 13.6. The molecule has 3 saturated carbocycles. The molecule has 2 spiro atoms. The number of anilines is 3. The van der Waals surface area contributed by atoms with E-state index in [1.165, 1.54) is 25.7 Å². The van der Waals surface area contributed by atoms with Crippen molar-refractivity contribution in [1.29, 1.82) is 0 Å². The molecule has 4 fully saturated rings. The van der Waals surface area contributed by atoms with Gasteiger partial charge in [0, 0.05) is 31.4 Å². The van der Waals surface area contributed by atoms with Gasteiger partial charge in [-0.25, -0.2) is 14.2 Å². The molecule has 1 saturated heterocycles. The van der Waals surface area contributed by atoms with Crippen LogP contribution in [0.15, 0.2) is 47.6 Å². The third-order valence-electron chi connectivity index (χ3n) is 11.0. The molecule has 3 aliphatic carbocycles. The molecule has 10 nitrogen and oxygen atoms in total. The summed E-state index contributed by atoms with van der Waals surface area (Å²) < 4.78 is 22.1. The lowest BCUT2D eigenvalue weighted by molar-refractivity contribution is 0.0624. The van der Waals surface area contributed by atoms with Crippen LogP contribution in [0.25, 0.3) is 0 Å². The van der Waals surface area contributed by atoms with Crippen molar-refractivity contribution in [2.45, 2.75) is 82.0 Å². The lowest BCUT2D eigenvalue weighted by Crippen LogP contribution is -2.41. The molecule has 6 aliphatic rings. The van der Waals surface area contributed by atoms with Gasteiger partial charge in [0.1, 0.15) is 23.7 Å². The van der Waals surface area contributed by atoms with Crippen LogP contribution >= 0.6 is 0 Å². The lowest BCUT2D eigenvalue weighted by Gasteiger charge is -2.34. The van der Waals surface area contributed by atoms with E-state index < -0.39 is 16.9 Å². The minimum absolute atomic E-state index is 0.193. The van der Waals surface area contributed by atoms with E-state index in [1.807, 2.05) is 29.4 Å². The van der Waals surface area contributed by atoms with Crippen LogP contribution in [-0.2, 0) is 15.7 Å². The molecule has 43 heavy (non-hydrogen) atoms. The van der Waals surface area contributed by atoms with Crippen LogP contribution in [0.3, 0.4) is 0 Å². The fourth-order valence-corrected chi connectivity index (χ4v) is 9.38. The van der Waals surface area contributed by atoms with Crippen LogP contribution in [0.1, 0.15) is 75.6 Å². The average molecular weight is 604 g/mol. The van der Waals surface area contributed by atoms with Crippen molar-refractivity contribution < 1.29 is 13.7 Å². The van der Waals surface area contributed by atoms with Gasteiger partial charge in [0.25, 0.3) is 5.91 Å². The number of carbonyl (C=O) groups is 1. The van der Waals surface area contributed by atoms with Crippen molar-refractivity contribution >= 4 is 34.3 Å². The van der Waals surface area contributed by atoms with Gasteiger partial charge in [-0.1, -0.05) is 6.07 Å². The lowest BCUT2D eigenvalue weighted by atomic mass is 9.93. The third kappa shape index (κ3) is 4.75. The minimum Gasteiger partial charge on any atom is -0.370 e. The Balaban J connectivity index is 1.01. The number of amides is 1. The number of aromatic nitrogens is 2. The fourth-order valence-electron chi connectivity index (χ4n) is 8.61. The molecule has 11 heteroatoms. The molecule has 228 valence electrons. The molecule has 4 bridgehead atoms. The summed E-state index contributed by atoms with van der Waals surface area (Å²) in [7, 11) is -1.81. The number of ether oxygens (including phenoxy) is 1. The normalized spacial score (nSPS) is 29.5. The highest BCUT2D eigenvalue weighted by Crippen LogP contribution is 2.93. The average Bonchev–Trinajstić information content (AvgIpc) is 3.94. The highest BCUT2D eigenvalue weighted by atomic mass is 32.2. The van der Waals surface area contributed by atoms with E-state index in [0.717, 1.165) is 51.3 Å². The molecular formula is C32H41N7O3S. The summed E-state index contributed by atoms with van der Waals surface area (Å²) in [6.45, 7) is 6.77. The van der Waals surface area contributed by atoms with Gasteiger partial charge in [-0.3, -0.25) is 14.5 Å². The Kier molecular flexibility index (Phi) is 6.40. The van der Waals surface area contributed by atoms with Gasteiger partial charge < -0.3 is 15.0 Å². The molecule has 5 heterocycles. The predicted molar refractivity (Wildman–Crippen MR) is 166 cm³/mol. The number of carbonyl (C=O) groups excluding carboxylic acids is 1. The van der Waals surface area contributed by atoms with Crippen LogP contribution < -0.4 is 25.4 Å². The quantitative estimate of drug-likeness (QED) is 0.455. The molecule has 2 aromatic heterocycles. The molecule has 1 amide bonds. The highest BCUT2D eigenvalue weighted by Gasteiger charge is 2.85. The fraction of sp³-hybridized carbons (Fsp3) is 0.594. The first-order valence-corrected chi connectivity index (χ1v) is 17.0. The first-order valence-electron chi connectivity index (χ1n) is 15.9. The molecule has 3 aliphatic heterocycles. The Morgan fingerprint density at radius 1 is 1.09 bits per heavy atom. The molecule has 0 radical (unpaired) electrons. The number of fused-ring (bicyclic) bond motifs is 7. The van der Waals surface area contributed by atoms with Crippen LogP contribution in [-0.4, -0.2) is 51.5 Å². The molecule has 8 rings (SSSR count). The van der Waals surface area contributed by atoms with Crippen molar-refractivity contribution in [1.82, 2.24) is 20.1 Å². The van der Waals surface area contributed by atoms with Gasteiger partial charge in [-0.15, -0.1) is 0 Å². The summed E-state index contributed by atoms with van der Waals surface area (Å²) in [5.74, 6) is 2.86. The largest absolute Gasteiger partial charge is 0.370 e. The van der Waals surface area contributed by atoms with Crippen LogP contribution in [0.2, 0.25) is 0 Å². The van der Waals surface area contributed by atoms with Crippen molar-refractivity contribution in [3.8, 4) is 0 Å². The number of nitrogens with zero attached hydrogens (tertiary/aromatic N) is 4. The summed E-state index contributed by atoms with van der Waals surface area (Å²) >= 11 is 0. The van der Waals surface area contributed by atoms with Crippen LogP contribution in [0, 0.1) is 22.7 Å². The molecule has 3 atom stereocenters. The number of hydrazine groups is 1. The van der Waals surface area contributed by atoms with Crippen molar-refractivity contribution in [2.75, 3.05) is 34.9 Å². The summed E-state index contributed by atoms with van der Waals surface area (Å²) in [4.78, 5) is 25.4. The van der Waals surface area contributed by atoms with E-state index in [-0.39, 0.29) is 11.8 Å². The number of rotatable bonds is 5. The van der Waals surface area contributed by atoms with Crippen molar-refractivity contribution in [3.63, 3.8) is 0 Å². The maximum absolute atomic E-state index is 13.6. The minimum atomic E-state index is -1.81. The van der Waals surface area contributed by atoms with Crippen molar-refractivity contribution in [2.24, 2.45) is 22.7 Å². The molecule has 2 aromatic rings. The third-order valence-corrected chi connectivity index (χ3v) is 11.9. The maximum Gasteiger partial charge on any atom is 0.267 e. The predicted octanol–water partition coefficient (Wildman–Crippen LogP) is 4.50. The van der Waals surface area contributed by atoms with Crippen molar-refractivity contribution in [3.05, 3.63) is 48.2 Å². The Hall–Kier alpha value is -3.02. The van der Waals surface area contributed by atoms with Gasteiger partial charge >= 0.3 is 0 Å². The van der Waals surface area contributed by atoms with Gasteiger partial charge in [0.2, 0.25) is 0 Å². The van der Waals surface area contributed by atoms with E-state index in [2.05, 4.69) is 39.2 Å². The first kappa shape index (κ1) is 27.5. The van der Waals surface area contributed by atoms with Gasteiger partial charge in [-0.05, 0) is 118 Å². The summed E-state index contributed by atoms with van der Waals surface area (Å²) in [6, 6.07) is 8.95.